The molecule has 3 heteroatoms. The summed E-state index contributed by atoms with van der Waals surface area (Å²) in [5, 5.41) is 2.94. The zero-order chi connectivity index (χ0) is 11.4. The van der Waals surface area contributed by atoms with Crippen molar-refractivity contribution >= 4 is 5.91 Å². The van der Waals surface area contributed by atoms with Crippen molar-refractivity contribution in [1.82, 2.24) is 5.32 Å². The molecule has 0 saturated heterocycles. The van der Waals surface area contributed by atoms with E-state index in [1.807, 2.05) is 31.2 Å². The van der Waals surface area contributed by atoms with Crippen LogP contribution >= 0.6 is 0 Å². The zero-order valence-electron chi connectivity index (χ0n) is 9.53. The molecule has 0 spiro atoms. The third-order valence-corrected chi connectivity index (χ3v) is 2.62. The lowest BCUT2D eigenvalue weighted by Crippen LogP contribution is -2.26. The van der Waals surface area contributed by atoms with Crippen LogP contribution in [0.5, 0.6) is 5.75 Å². The van der Waals surface area contributed by atoms with Gasteiger partial charge in [0, 0.05) is 6.04 Å². The van der Waals surface area contributed by atoms with E-state index >= 15 is 0 Å². The highest BCUT2D eigenvalue weighted by molar-refractivity contribution is 5.76. The predicted octanol–water partition coefficient (Wildman–Crippen LogP) is 2.04. The van der Waals surface area contributed by atoms with E-state index in [1.165, 1.54) is 0 Å². The Labute approximate surface area is 95.8 Å². The molecule has 0 aliphatic heterocycles. The Bertz CT molecular complexity index is 372. The maximum Gasteiger partial charge on any atom is 0.223 e. The number of hydrogen-bond donors (Lipinski definition) is 1. The molecule has 0 unspecified atom stereocenters. The highest BCUT2D eigenvalue weighted by Crippen LogP contribution is 2.19. The molecule has 1 aliphatic rings. The first-order valence-corrected chi connectivity index (χ1v) is 5.73. The standard InChI is InChI=1S/C13H17NO2/c1-10-4-2-3-5-12(10)16-9-8-13(15)14-11-6-7-11/h2-5,11H,6-9H2,1H3,(H,14,15). The molecule has 1 aliphatic carbocycles. The van der Waals surface area contributed by atoms with Crippen molar-refractivity contribution in [3.63, 3.8) is 0 Å². The number of nitrogens with one attached hydrogen (secondary N) is 1. The van der Waals surface area contributed by atoms with E-state index < -0.39 is 0 Å². The summed E-state index contributed by atoms with van der Waals surface area (Å²) < 4.78 is 5.55. The molecule has 1 aromatic carbocycles. The van der Waals surface area contributed by atoms with E-state index in [0.717, 1.165) is 24.2 Å². The van der Waals surface area contributed by atoms with E-state index in [1.54, 1.807) is 0 Å². The molecule has 1 saturated carbocycles. The van der Waals surface area contributed by atoms with Crippen LogP contribution < -0.4 is 10.1 Å². The number of para-hydroxylation sites is 1. The molecule has 16 heavy (non-hydrogen) atoms. The molecule has 1 aromatic rings. The van der Waals surface area contributed by atoms with Gasteiger partial charge >= 0.3 is 0 Å². The van der Waals surface area contributed by atoms with Crippen molar-refractivity contribution in [1.29, 1.82) is 0 Å². The molecule has 1 fully saturated rings. The average molecular weight is 219 g/mol. The summed E-state index contributed by atoms with van der Waals surface area (Å²) in [7, 11) is 0. The fourth-order valence-corrected chi connectivity index (χ4v) is 1.50. The van der Waals surface area contributed by atoms with Gasteiger partial charge in [-0.2, -0.15) is 0 Å². The summed E-state index contributed by atoms with van der Waals surface area (Å²) in [6.07, 6.45) is 2.69. The molecule has 86 valence electrons. The van der Waals surface area contributed by atoms with Gasteiger partial charge in [0.25, 0.3) is 0 Å². The zero-order valence-corrected chi connectivity index (χ0v) is 9.53. The second kappa shape index (κ2) is 5.01. The van der Waals surface area contributed by atoms with Gasteiger partial charge in [0.2, 0.25) is 5.91 Å². The molecule has 3 nitrogen and oxygen atoms in total. The summed E-state index contributed by atoms with van der Waals surface area (Å²) in [6.45, 7) is 2.45. The first-order valence-electron chi connectivity index (χ1n) is 5.73. The van der Waals surface area contributed by atoms with Crippen LogP contribution in [0.2, 0.25) is 0 Å². The quantitative estimate of drug-likeness (QED) is 0.823. The van der Waals surface area contributed by atoms with E-state index in [0.29, 0.717) is 19.1 Å². The lowest BCUT2D eigenvalue weighted by Gasteiger charge is -2.08. The largest absolute Gasteiger partial charge is 0.493 e. The van der Waals surface area contributed by atoms with Crippen molar-refractivity contribution in [2.45, 2.75) is 32.2 Å². The minimum absolute atomic E-state index is 0.0936. The maximum absolute atomic E-state index is 11.4. The molecular formula is C13H17NO2. The Hall–Kier alpha value is -1.51. The SMILES string of the molecule is Cc1ccccc1OCCC(=O)NC1CC1. The Kier molecular flexibility index (Phi) is 3.44. The van der Waals surface area contributed by atoms with Gasteiger partial charge in [0.15, 0.2) is 0 Å². The Morgan fingerprint density at radius 2 is 2.19 bits per heavy atom. The van der Waals surface area contributed by atoms with Gasteiger partial charge in [-0.1, -0.05) is 18.2 Å². The fraction of sp³-hybridized carbons (Fsp3) is 0.462. The summed E-state index contributed by atoms with van der Waals surface area (Å²) in [5.41, 5.74) is 1.10. The first-order chi connectivity index (χ1) is 7.75. The number of benzene rings is 1. The minimum atomic E-state index is 0.0936. The van der Waals surface area contributed by atoms with Gasteiger partial charge < -0.3 is 10.1 Å². The van der Waals surface area contributed by atoms with Crippen LogP contribution in [-0.4, -0.2) is 18.6 Å². The number of aryl methyl sites for hydroxylation is 1. The normalized spacial score (nSPS) is 14.6. The average Bonchev–Trinajstić information content (AvgIpc) is 3.05. The fourth-order valence-electron chi connectivity index (χ4n) is 1.50. The van der Waals surface area contributed by atoms with E-state index in [4.69, 9.17) is 4.74 Å². The van der Waals surface area contributed by atoms with Crippen LogP contribution in [0.3, 0.4) is 0 Å². The smallest absolute Gasteiger partial charge is 0.223 e. The van der Waals surface area contributed by atoms with Crippen LogP contribution in [0.15, 0.2) is 24.3 Å². The van der Waals surface area contributed by atoms with Crippen LogP contribution in [-0.2, 0) is 4.79 Å². The summed E-state index contributed by atoms with van der Waals surface area (Å²) >= 11 is 0. The van der Waals surface area contributed by atoms with Gasteiger partial charge in [0.1, 0.15) is 5.75 Å². The van der Waals surface area contributed by atoms with Crippen molar-refractivity contribution in [3.05, 3.63) is 29.8 Å². The van der Waals surface area contributed by atoms with Crippen molar-refractivity contribution in [2.24, 2.45) is 0 Å². The topological polar surface area (TPSA) is 38.3 Å². The second-order valence-electron chi connectivity index (χ2n) is 4.21. The van der Waals surface area contributed by atoms with Crippen LogP contribution in [0.4, 0.5) is 0 Å². The van der Waals surface area contributed by atoms with Gasteiger partial charge in [-0.25, -0.2) is 0 Å². The molecule has 2 rings (SSSR count). The van der Waals surface area contributed by atoms with Crippen molar-refractivity contribution < 1.29 is 9.53 Å². The van der Waals surface area contributed by atoms with Crippen molar-refractivity contribution in [2.75, 3.05) is 6.61 Å². The third-order valence-electron chi connectivity index (χ3n) is 2.62. The summed E-state index contributed by atoms with van der Waals surface area (Å²) in [6, 6.07) is 8.27. The molecule has 1 N–H and O–H groups in total. The molecule has 0 bridgehead atoms. The lowest BCUT2D eigenvalue weighted by atomic mass is 10.2. The second-order valence-corrected chi connectivity index (χ2v) is 4.21. The molecule has 0 radical (unpaired) electrons. The molecule has 0 heterocycles. The number of hydrogen-bond acceptors (Lipinski definition) is 2. The van der Waals surface area contributed by atoms with Gasteiger partial charge in [-0.05, 0) is 31.4 Å². The monoisotopic (exact) mass is 219 g/mol. The number of carbonyl (C=O) groups is 1. The predicted molar refractivity (Wildman–Crippen MR) is 62.5 cm³/mol. The molecular weight excluding hydrogens is 202 g/mol. The summed E-state index contributed by atoms with van der Waals surface area (Å²) in [5.74, 6) is 0.956. The van der Waals surface area contributed by atoms with Gasteiger partial charge in [-0.3, -0.25) is 4.79 Å². The number of ether oxygens (including phenoxy) is 1. The minimum Gasteiger partial charge on any atom is -0.493 e. The van der Waals surface area contributed by atoms with Crippen LogP contribution in [0, 0.1) is 6.92 Å². The number of carbonyl (C=O) groups excluding carboxylic acids is 1. The highest BCUT2D eigenvalue weighted by atomic mass is 16.5. The van der Waals surface area contributed by atoms with E-state index in [2.05, 4.69) is 5.32 Å². The first kappa shape index (κ1) is 11.0. The Balaban J connectivity index is 1.70. The van der Waals surface area contributed by atoms with Crippen LogP contribution in [0.25, 0.3) is 0 Å². The Morgan fingerprint density at radius 1 is 1.44 bits per heavy atom. The lowest BCUT2D eigenvalue weighted by molar-refractivity contribution is -0.121. The highest BCUT2D eigenvalue weighted by Gasteiger charge is 2.22. The third kappa shape index (κ3) is 3.26. The Morgan fingerprint density at radius 3 is 2.88 bits per heavy atom. The summed E-state index contributed by atoms with van der Waals surface area (Å²) in [4.78, 5) is 11.4. The molecule has 0 aromatic heterocycles. The number of rotatable bonds is 5. The van der Waals surface area contributed by atoms with Gasteiger partial charge in [0.05, 0.1) is 13.0 Å². The maximum atomic E-state index is 11.4. The van der Waals surface area contributed by atoms with Gasteiger partial charge in [-0.15, -0.1) is 0 Å². The van der Waals surface area contributed by atoms with E-state index in [-0.39, 0.29) is 5.91 Å². The number of amides is 1. The molecule has 0 atom stereocenters. The van der Waals surface area contributed by atoms with Crippen LogP contribution in [0.1, 0.15) is 24.8 Å². The van der Waals surface area contributed by atoms with E-state index in [9.17, 15) is 4.79 Å². The molecule has 1 amide bonds. The van der Waals surface area contributed by atoms with Crippen molar-refractivity contribution in [3.8, 4) is 5.75 Å².